The van der Waals surface area contributed by atoms with E-state index >= 15 is 0 Å². The van der Waals surface area contributed by atoms with Gasteiger partial charge in [-0.05, 0) is 18.2 Å². The smallest absolute Gasteiger partial charge is 0.185 e. The lowest BCUT2D eigenvalue weighted by Gasteiger charge is -1.99. The van der Waals surface area contributed by atoms with Crippen molar-refractivity contribution in [2.75, 3.05) is 0 Å². The van der Waals surface area contributed by atoms with E-state index in [0.717, 1.165) is 24.4 Å². The van der Waals surface area contributed by atoms with Gasteiger partial charge in [0.25, 0.3) is 0 Å². The summed E-state index contributed by atoms with van der Waals surface area (Å²) in [7, 11) is 0. The minimum atomic E-state index is -1.11. The highest BCUT2D eigenvalue weighted by atomic mass is 19.2. The van der Waals surface area contributed by atoms with Gasteiger partial charge < -0.3 is 0 Å². The second-order valence-electron chi connectivity index (χ2n) is 2.55. The molecule has 0 N–H and O–H groups in total. The standard InChI is InChI=1S/C9H4F3N/c10-6-3-4-13-9-5(6)1-2-7(11)8(9)12/h1-4H. The van der Waals surface area contributed by atoms with Gasteiger partial charge in [0.05, 0.1) is 0 Å². The van der Waals surface area contributed by atoms with Gasteiger partial charge in [-0.15, -0.1) is 0 Å². The van der Waals surface area contributed by atoms with Gasteiger partial charge in [0, 0.05) is 11.6 Å². The first-order valence-electron chi connectivity index (χ1n) is 3.58. The van der Waals surface area contributed by atoms with Gasteiger partial charge in [0.1, 0.15) is 11.3 Å². The predicted molar refractivity (Wildman–Crippen MR) is 41.6 cm³/mol. The molecule has 1 aromatic heterocycles. The SMILES string of the molecule is Fc1ccc2c(F)ccnc2c1F. The molecule has 0 saturated heterocycles. The molecule has 0 fully saturated rings. The number of pyridine rings is 1. The molecule has 2 rings (SSSR count). The highest BCUT2D eigenvalue weighted by molar-refractivity contribution is 5.79. The van der Waals surface area contributed by atoms with Crippen molar-refractivity contribution in [3.63, 3.8) is 0 Å². The van der Waals surface area contributed by atoms with E-state index < -0.39 is 17.5 Å². The van der Waals surface area contributed by atoms with Crippen molar-refractivity contribution < 1.29 is 13.2 Å². The zero-order valence-corrected chi connectivity index (χ0v) is 6.39. The molecule has 0 aliphatic heterocycles. The van der Waals surface area contributed by atoms with Crippen LogP contribution in [0.25, 0.3) is 10.9 Å². The number of rotatable bonds is 0. The predicted octanol–water partition coefficient (Wildman–Crippen LogP) is 2.65. The molecule has 0 bridgehead atoms. The van der Waals surface area contributed by atoms with Gasteiger partial charge in [-0.2, -0.15) is 0 Å². The zero-order chi connectivity index (χ0) is 9.42. The number of halogens is 3. The van der Waals surface area contributed by atoms with Gasteiger partial charge in [-0.3, -0.25) is 4.98 Å². The number of hydrogen-bond donors (Lipinski definition) is 0. The van der Waals surface area contributed by atoms with Gasteiger partial charge in [-0.25, -0.2) is 13.2 Å². The molecule has 0 amide bonds. The number of benzene rings is 1. The molecule has 0 aliphatic carbocycles. The fourth-order valence-corrected chi connectivity index (χ4v) is 1.13. The monoisotopic (exact) mass is 183 g/mol. The molecule has 0 unspecified atom stereocenters. The highest BCUT2D eigenvalue weighted by Crippen LogP contribution is 2.19. The Labute approximate surface area is 71.8 Å². The van der Waals surface area contributed by atoms with Gasteiger partial charge >= 0.3 is 0 Å². The van der Waals surface area contributed by atoms with Crippen LogP contribution in [-0.4, -0.2) is 4.98 Å². The summed E-state index contributed by atoms with van der Waals surface area (Å²) in [6, 6.07) is 3.14. The van der Waals surface area contributed by atoms with Crippen molar-refractivity contribution in [3.05, 3.63) is 41.8 Å². The Morgan fingerprint density at radius 2 is 1.69 bits per heavy atom. The molecule has 0 atom stereocenters. The topological polar surface area (TPSA) is 12.9 Å². The van der Waals surface area contributed by atoms with Crippen molar-refractivity contribution in [2.24, 2.45) is 0 Å². The van der Waals surface area contributed by atoms with E-state index in [2.05, 4.69) is 4.98 Å². The normalized spacial score (nSPS) is 10.7. The van der Waals surface area contributed by atoms with E-state index in [0.29, 0.717) is 0 Å². The Morgan fingerprint density at radius 3 is 2.46 bits per heavy atom. The molecule has 66 valence electrons. The van der Waals surface area contributed by atoms with E-state index in [1.54, 1.807) is 0 Å². The van der Waals surface area contributed by atoms with E-state index in [9.17, 15) is 13.2 Å². The molecule has 13 heavy (non-hydrogen) atoms. The van der Waals surface area contributed by atoms with Gasteiger partial charge in [0.15, 0.2) is 11.6 Å². The summed E-state index contributed by atoms with van der Waals surface area (Å²) in [5, 5.41) is -0.0126. The van der Waals surface area contributed by atoms with Crippen LogP contribution in [0.2, 0.25) is 0 Å². The summed E-state index contributed by atoms with van der Waals surface area (Å²) < 4.78 is 38.6. The largest absolute Gasteiger partial charge is 0.253 e. The maximum atomic E-state index is 13.0. The van der Waals surface area contributed by atoms with Crippen molar-refractivity contribution in [1.82, 2.24) is 4.98 Å². The van der Waals surface area contributed by atoms with Crippen LogP contribution in [0.4, 0.5) is 13.2 Å². The maximum Gasteiger partial charge on any atom is 0.185 e. The van der Waals surface area contributed by atoms with Gasteiger partial charge in [0.2, 0.25) is 0 Å². The average molecular weight is 183 g/mol. The number of hydrogen-bond acceptors (Lipinski definition) is 1. The molecule has 1 aromatic carbocycles. The summed E-state index contributed by atoms with van der Waals surface area (Å²) in [6.07, 6.45) is 1.10. The minimum absolute atomic E-state index is 0.0126. The molecule has 0 radical (unpaired) electrons. The molecule has 0 spiro atoms. The third-order valence-corrected chi connectivity index (χ3v) is 1.75. The molecule has 2 aromatic rings. The van der Waals surface area contributed by atoms with E-state index in [1.165, 1.54) is 0 Å². The van der Waals surface area contributed by atoms with E-state index in [1.807, 2.05) is 0 Å². The van der Waals surface area contributed by atoms with Crippen molar-refractivity contribution in [2.45, 2.75) is 0 Å². The number of nitrogens with zero attached hydrogens (tertiary/aromatic N) is 1. The zero-order valence-electron chi connectivity index (χ0n) is 6.39. The van der Waals surface area contributed by atoms with E-state index in [4.69, 9.17) is 0 Å². The van der Waals surface area contributed by atoms with Crippen LogP contribution in [0.5, 0.6) is 0 Å². The Balaban J connectivity index is 2.94. The van der Waals surface area contributed by atoms with Crippen LogP contribution >= 0.6 is 0 Å². The van der Waals surface area contributed by atoms with Crippen LogP contribution in [0.1, 0.15) is 0 Å². The fourth-order valence-electron chi connectivity index (χ4n) is 1.13. The van der Waals surface area contributed by atoms with Gasteiger partial charge in [-0.1, -0.05) is 0 Å². The first-order valence-corrected chi connectivity index (χ1v) is 3.58. The lowest BCUT2D eigenvalue weighted by atomic mass is 10.2. The first-order chi connectivity index (χ1) is 6.20. The molecule has 4 heteroatoms. The van der Waals surface area contributed by atoms with Crippen LogP contribution in [0.3, 0.4) is 0 Å². The second-order valence-corrected chi connectivity index (χ2v) is 2.55. The van der Waals surface area contributed by atoms with Crippen LogP contribution in [-0.2, 0) is 0 Å². The fraction of sp³-hybridized carbons (Fsp3) is 0. The summed E-state index contributed by atoms with van der Waals surface area (Å²) in [6.45, 7) is 0. The van der Waals surface area contributed by atoms with E-state index in [-0.39, 0.29) is 10.9 Å². The molecule has 0 saturated carbocycles. The average Bonchev–Trinajstić information content (AvgIpc) is 2.12. The van der Waals surface area contributed by atoms with Crippen molar-refractivity contribution in [3.8, 4) is 0 Å². The Hall–Kier alpha value is -1.58. The van der Waals surface area contributed by atoms with Crippen LogP contribution in [0, 0.1) is 17.5 Å². The molecule has 1 nitrogen and oxygen atoms in total. The summed E-state index contributed by atoms with van der Waals surface area (Å²) in [4.78, 5) is 3.55. The lowest BCUT2D eigenvalue weighted by molar-refractivity contribution is 0.514. The third kappa shape index (κ3) is 1.14. The number of fused-ring (bicyclic) bond motifs is 1. The Bertz CT molecular complexity index is 468. The molecule has 1 heterocycles. The highest BCUT2D eigenvalue weighted by Gasteiger charge is 2.10. The Kier molecular flexibility index (Phi) is 1.69. The Morgan fingerprint density at radius 1 is 0.923 bits per heavy atom. The first kappa shape index (κ1) is 8.04. The summed E-state index contributed by atoms with van der Waals surface area (Å²) >= 11 is 0. The second kappa shape index (κ2) is 2.73. The van der Waals surface area contributed by atoms with Crippen LogP contribution < -0.4 is 0 Å². The van der Waals surface area contributed by atoms with Crippen LogP contribution in [0.15, 0.2) is 24.4 Å². The summed E-state index contributed by atoms with van der Waals surface area (Å²) in [5.74, 6) is -2.74. The molecule has 0 aliphatic rings. The number of aromatic nitrogens is 1. The maximum absolute atomic E-state index is 13.0. The molecular formula is C9H4F3N. The molecular weight excluding hydrogens is 179 g/mol. The lowest BCUT2D eigenvalue weighted by Crippen LogP contribution is -1.90. The van der Waals surface area contributed by atoms with Crippen molar-refractivity contribution in [1.29, 1.82) is 0 Å². The third-order valence-electron chi connectivity index (χ3n) is 1.75. The quantitative estimate of drug-likeness (QED) is 0.611. The summed E-state index contributed by atoms with van der Waals surface area (Å²) in [5.41, 5.74) is -0.278. The van der Waals surface area contributed by atoms with Crippen molar-refractivity contribution >= 4 is 10.9 Å². The minimum Gasteiger partial charge on any atom is -0.253 e.